The number of carboxylic acids is 1. The predicted molar refractivity (Wildman–Crippen MR) is 79.0 cm³/mol. The van der Waals surface area contributed by atoms with Crippen molar-refractivity contribution in [1.82, 2.24) is 4.98 Å². The predicted octanol–water partition coefficient (Wildman–Crippen LogP) is 3.26. The van der Waals surface area contributed by atoms with Crippen LogP contribution in [-0.4, -0.2) is 23.2 Å². The molecule has 0 saturated heterocycles. The molecule has 0 bridgehead atoms. The van der Waals surface area contributed by atoms with E-state index in [2.05, 4.69) is 20.9 Å². The topological polar surface area (TPSA) is 59.4 Å². The van der Waals surface area contributed by atoms with Crippen LogP contribution in [0.2, 0.25) is 0 Å². The van der Waals surface area contributed by atoms with Crippen LogP contribution in [0.15, 0.2) is 47.2 Å². The molecule has 0 aliphatic rings. The molecule has 20 heavy (non-hydrogen) atoms. The van der Waals surface area contributed by atoms with E-state index in [1.165, 1.54) is 0 Å². The molecule has 0 aliphatic carbocycles. The van der Waals surface area contributed by atoms with Gasteiger partial charge in [0.05, 0.1) is 13.0 Å². The Labute approximate surface area is 125 Å². The standard InChI is InChI=1S/C15H14BrNO3/c1-20-11-4-2-10(3-5-11)8-13(15(18)19)12-6-7-17-9-14(12)16/h2-7,9,13H,8H2,1H3,(H,18,19). The molecule has 0 aliphatic heterocycles. The summed E-state index contributed by atoms with van der Waals surface area (Å²) in [6.07, 6.45) is 3.63. The number of hydrogen-bond acceptors (Lipinski definition) is 3. The number of aromatic nitrogens is 1. The summed E-state index contributed by atoms with van der Waals surface area (Å²) in [6.45, 7) is 0. The zero-order valence-electron chi connectivity index (χ0n) is 10.9. The fourth-order valence-corrected chi connectivity index (χ4v) is 2.52. The molecule has 5 heteroatoms. The second-order valence-electron chi connectivity index (χ2n) is 4.34. The van der Waals surface area contributed by atoms with Crippen molar-refractivity contribution in [2.45, 2.75) is 12.3 Å². The number of nitrogens with zero attached hydrogens (tertiary/aromatic N) is 1. The molecule has 0 radical (unpaired) electrons. The van der Waals surface area contributed by atoms with Gasteiger partial charge in [-0.1, -0.05) is 12.1 Å². The van der Waals surface area contributed by atoms with E-state index in [1.807, 2.05) is 24.3 Å². The minimum atomic E-state index is -0.854. The molecule has 4 nitrogen and oxygen atoms in total. The third-order valence-electron chi connectivity index (χ3n) is 3.08. The number of ether oxygens (including phenoxy) is 1. The highest BCUT2D eigenvalue weighted by Gasteiger charge is 2.22. The fourth-order valence-electron chi connectivity index (χ4n) is 2.00. The van der Waals surface area contributed by atoms with Gasteiger partial charge in [0.2, 0.25) is 0 Å². The maximum Gasteiger partial charge on any atom is 0.311 e. The van der Waals surface area contributed by atoms with Crippen LogP contribution in [0, 0.1) is 0 Å². The van der Waals surface area contributed by atoms with E-state index in [0.29, 0.717) is 10.9 Å². The number of carbonyl (C=O) groups is 1. The Bertz CT molecular complexity index is 598. The van der Waals surface area contributed by atoms with Crippen molar-refractivity contribution in [2.75, 3.05) is 7.11 Å². The Morgan fingerprint density at radius 3 is 2.60 bits per heavy atom. The van der Waals surface area contributed by atoms with E-state index in [0.717, 1.165) is 16.9 Å². The second kappa shape index (κ2) is 6.52. The molecule has 1 atom stereocenters. The second-order valence-corrected chi connectivity index (χ2v) is 5.19. The molecule has 0 saturated carbocycles. The number of halogens is 1. The van der Waals surface area contributed by atoms with Crippen LogP contribution in [-0.2, 0) is 11.2 Å². The van der Waals surface area contributed by atoms with Crippen LogP contribution < -0.4 is 4.74 Å². The summed E-state index contributed by atoms with van der Waals surface area (Å²) < 4.78 is 5.80. The van der Waals surface area contributed by atoms with Crippen LogP contribution in [0.1, 0.15) is 17.0 Å². The molecule has 104 valence electrons. The van der Waals surface area contributed by atoms with Gasteiger partial charge in [-0.25, -0.2) is 0 Å². The molecule has 2 aromatic rings. The summed E-state index contributed by atoms with van der Waals surface area (Å²) in [6, 6.07) is 9.14. The Morgan fingerprint density at radius 2 is 2.05 bits per heavy atom. The van der Waals surface area contributed by atoms with Gasteiger partial charge in [0, 0.05) is 16.9 Å². The maximum absolute atomic E-state index is 11.5. The van der Waals surface area contributed by atoms with E-state index in [-0.39, 0.29) is 0 Å². The number of hydrogen-bond donors (Lipinski definition) is 1. The van der Waals surface area contributed by atoms with Crippen molar-refractivity contribution in [3.63, 3.8) is 0 Å². The summed E-state index contributed by atoms with van der Waals surface area (Å²) in [7, 11) is 1.60. The van der Waals surface area contributed by atoms with Crippen LogP contribution in [0.25, 0.3) is 0 Å². The summed E-state index contributed by atoms with van der Waals surface area (Å²) in [4.78, 5) is 15.5. The van der Waals surface area contributed by atoms with Gasteiger partial charge in [0.1, 0.15) is 5.75 Å². The largest absolute Gasteiger partial charge is 0.497 e. The van der Waals surface area contributed by atoms with Gasteiger partial charge in [-0.3, -0.25) is 9.78 Å². The zero-order valence-corrected chi connectivity index (χ0v) is 12.5. The van der Waals surface area contributed by atoms with Crippen LogP contribution in [0.3, 0.4) is 0 Å². The molecular weight excluding hydrogens is 322 g/mol. The molecule has 0 spiro atoms. The number of aliphatic carboxylic acids is 1. The molecule has 1 unspecified atom stereocenters. The summed E-state index contributed by atoms with van der Waals surface area (Å²) in [5, 5.41) is 9.45. The van der Waals surface area contributed by atoms with Crippen molar-refractivity contribution in [2.24, 2.45) is 0 Å². The van der Waals surface area contributed by atoms with Gasteiger partial charge in [-0.05, 0) is 51.7 Å². The van der Waals surface area contributed by atoms with Gasteiger partial charge in [-0.2, -0.15) is 0 Å². The van der Waals surface area contributed by atoms with Crippen molar-refractivity contribution < 1.29 is 14.6 Å². The van der Waals surface area contributed by atoms with E-state index in [9.17, 15) is 9.90 Å². The van der Waals surface area contributed by atoms with Crippen molar-refractivity contribution in [3.8, 4) is 5.75 Å². The number of methoxy groups -OCH3 is 1. The van der Waals surface area contributed by atoms with Gasteiger partial charge in [0.25, 0.3) is 0 Å². The number of pyridine rings is 1. The first kappa shape index (κ1) is 14.5. The lowest BCUT2D eigenvalue weighted by atomic mass is 9.93. The molecule has 1 heterocycles. The van der Waals surface area contributed by atoms with E-state index >= 15 is 0 Å². The van der Waals surface area contributed by atoms with Crippen LogP contribution >= 0.6 is 15.9 Å². The quantitative estimate of drug-likeness (QED) is 0.910. The Kier molecular flexibility index (Phi) is 4.74. The van der Waals surface area contributed by atoms with E-state index in [1.54, 1.807) is 25.6 Å². The van der Waals surface area contributed by atoms with Crippen molar-refractivity contribution >= 4 is 21.9 Å². The number of benzene rings is 1. The lowest BCUT2D eigenvalue weighted by Gasteiger charge is -2.14. The first-order valence-corrected chi connectivity index (χ1v) is 6.86. The highest BCUT2D eigenvalue weighted by atomic mass is 79.9. The van der Waals surface area contributed by atoms with Crippen molar-refractivity contribution in [1.29, 1.82) is 0 Å². The van der Waals surface area contributed by atoms with Crippen LogP contribution in [0.4, 0.5) is 0 Å². The number of carboxylic acid groups (broad SMARTS) is 1. The normalized spacial score (nSPS) is 11.9. The van der Waals surface area contributed by atoms with Gasteiger partial charge in [0.15, 0.2) is 0 Å². The molecule has 1 aromatic carbocycles. The lowest BCUT2D eigenvalue weighted by molar-refractivity contribution is -0.138. The maximum atomic E-state index is 11.5. The zero-order chi connectivity index (χ0) is 14.5. The summed E-state index contributed by atoms with van der Waals surface area (Å²) >= 11 is 3.36. The molecule has 1 N–H and O–H groups in total. The van der Waals surface area contributed by atoms with Crippen molar-refractivity contribution in [3.05, 3.63) is 58.3 Å². The molecule has 1 aromatic heterocycles. The lowest BCUT2D eigenvalue weighted by Crippen LogP contribution is -2.15. The smallest absolute Gasteiger partial charge is 0.311 e. The first-order chi connectivity index (χ1) is 9.61. The Morgan fingerprint density at radius 1 is 1.35 bits per heavy atom. The average molecular weight is 336 g/mol. The molecule has 2 rings (SSSR count). The molecule has 0 amide bonds. The Hall–Kier alpha value is -1.88. The fraction of sp³-hybridized carbons (Fsp3) is 0.200. The highest BCUT2D eigenvalue weighted by Crippen LogP contribution is 2.28. The summed E-state index contributed by atoms with van der Waals surface area (Å²) in [5.41, 5.74) is 1.67. The molecular formula is C15H14BrNO3. The third kappa shape index (κ3) is 3.36. The molecule has 0 fully saturated rings. The van der Waals surface area contributed by atoms with Gasteiger partial charge >= 0.3 is 5.97 Å². The van der Waals surface area contributed by atoms with Gasteiger partial charge < -0.3 is 9.84 Å². The highest BCUT2D eigenvalue weighted by molar-refractivity contribution is 9.10. The van der Waals surface area contributed by atoms with E-state index in [4.69, 9.17) is 4.74 Å². The number of rotatable bonds is 5. The average Bonchev–Trinajstić information content (AvgIpc) is 2.46. The minimum Gasteiger partial charge on any atom is -0.497 e. The SMILES string of the molecule is COc1ccc(CC(C(=O)O)c2ccncc2Br)cc1. The Balaban J connectivity index is 2.26. The minimum absolute atomic E-state index is 0.419. The first-order valence-electron chi connectivity index (χ1n) is 6.07. The monoisotopic (exact) mass is 335 g/mol. The van der Waals surface area contributed by atoms with Crippen LogP contribution in [0.5, 0.6) is 5.75 Å². The van der Waals surface area contributed by atoms with Gasteiger partial charge in [-0.15, -0.1) is 0 Å². The summed E-state index contributed by atoms with van der Waals surface area (Å²) in [5.74, 6) is -0.709. The van der Waals surface area contributed by atoms with E-state index < -0.39 is 11.9 Å². The third-order valence-corrected chi connectivity index (χ3v) is 3.74.